The molecule has 0 unspecified atom stereocenters. The molecule has 2 aromatic rings. The van der Waals surface area contributed by atoms with Crippen LogP contribution in [-0.2, 0) is 4.79 Å². The molecule has 0 aliphatic heterocycles. The van der Waals surface area contributed by atoms with Crippen LogP contribution in [0.5, 0.6) is 5.75 Å². The summed E-state index contributed by atoms with van der Waals surface area (Å²) in [5, 5.41) is 10.9. The summed E-state index contributed by atoms with van der Waals surface area (Å²) in [7, 11) is 0. The van der Waals surface area contributed by atoms with Crippen molar-refractivity contribution in [3.8, 4) is 5.75 Å². The van der Waals surface area contributed by atoms with Crippen LogP contribution in [-0.4, -0.2) is 36.4 Å². The summed E-state index contributed by atoms with van der Waals surface area (Å²) in [6, 6.07) is 9.51. The molecule has 0 radical (unpaired) electrons. The predicted octanol–water partition coefficient (Wildman–Crippen LogP) is 2.42. The highest BCUT2D eigenvalue weighted by Crippen LogP contribution is 2.27. The van der Waals surface area contributed by atoms with Gasteiger partial charge in [0.2, 0.25) is 5.75 Å². The fourth-order valence-electron chi connectivity index (χ4n) is 2.54. The molecule has 2 amide bonds. The first-order chi connectivity index (χ1) is 13.8. The van der Waals surface area contributed by atoms with Gasteiger partial charge < -0.3 is 9.64 Å². The maximum Gasteiger partial charge on any atom is 0.311 e. The quantitative estimate of drug-likeness (QED) is 0.516. The second-order valence-electron chi connectivity index (χ2n) is 5.88. The van der Waals surface area contributed by atoms with Crippen LogP contribution in [0.1, 0.15) is 24.2 Å². The van der Waals surface area contributed by atoms with Crippen molar-refractivity contribution in [3.63, 3.8) is 0 Å². The number of carbonyl (C=O) groups excluding carboxylic acids is 2. The highest BCUT2D eigenvalue weighted by molar-refractivity contribution is 5.95. The molecule has 2 aromatic carbocycles. The molecule has 154 valence electrons. The van der Waals surface area contributed by atoms with Crippen molar-refractivity contribution in [3.05, 3.63) is 64.0 Å². The SMILES string of the molecule is CCN(CC)c1ccc(C(=O)NNC(=O)COc2cc(F)ccc2[N+](=O)[O-])cc1. The number of carbonyl (C=O) groups is 2. The van der Waals surface area contributed by atoms with Crippen LogP contribution in [0.15, 0.2) is 42.5 Å². The number of benzene rings is 2. The molecule has 29 heavy (non-hydrogen) atoms. The lowest BCUT2D eigenvalue weighted by molar-refractivity contribution is -0.385. The molecule has 10 heteroatoms. The lowest BCUT2D eigenvalue weighted by Gasteiger charge is -2.21. The lowest BCUT2D eigenvalue weighted by Crippen LogP contribution is -2.43. The molecule has 0 heterocycles. The lowest BCUT2D eigenvalue weighted by atomic mass is 10.2. The van der Waals surface area contributed by atoms with Gasteiger partial charge in [-0.1, -0.05) is 0 Å². The van der Waals surface area contributed by atoms with Gasteiger partial charge in [-0.3, -0.25) is 30.6 Å². The van der Waals surface area contributed by atoms with Gasteiger partial charge in [0.15, 0.2) is 6.61 Å². The third kappa shape index (κ3) is 5.89. The summed E-state index contributed by atoms with van der Waals surface area (Å²) < 4.78 is 18.2. The van der Waals surface area contributed by atoms with Crippen LogP contribution in [0, 0.1) is 15.9 Å². The molecule has 0 saturated heterocycles. The van der Waals surface area contributed by atoms with Gasteiger partial charge in [0.25, 0.3) is 11.8 Å². The smallest absolute Gasteiger partial charge is 0.311 e. The van der Waals surface area contributed by atoms with Crippen LogP contribution < -0.4 is 20.5 Å². The van der Waals surface area contributed by atoms with Gasteiger partial charge in [0, 0.05) is 36.5 Å². The Morgan fingerprint density at radius 3 is 2.34 bits per heavy atom. The third-order valence-corrected chi connectivity index (χ3v) is 4.05. The number of nitro groups is 1. The molecule has 0 bridgehead atoms. The maximum atomic E-state index is 13.2. The number of hydrogen-bond acceptors (Lipinski definition) is 6. The average molecular weight is 404 g/mol. The number of hydrogen-bond donors (Lipinski definition) is 2. The van der Waals surface area contributed by atoms with Crippen LogP contribution in [0.3, 0.4) is 0 Å². The van der Waals surface area contributed by atoms with E-state index in [0.29, 0.717) is 5.56 Å². The number of rotatable bonds is 8. The number of hydrazine groups is 1. The highest BCUT2D eigenvalue weighted by atomic mass is 19.1. The monoisotopic (exact) mass is 404 g/mol. The van der Waals surface area contributed by atoms with E-state index in [1.807, 2.05) is 13.8 Å². The van der Waals surface area contributed by atoms with Gasteiger partial charge in [-0.25, -0.2) is 4.39 Å². The Hall–Kier alpha value is -3.69. The van der Waals surface area contributed by atoms with E-state index in [1.165, 1.54) is 0 Å². The van der Waals surface area contributed by atoms with E-state index in [4.69, 9.17) is 4.74 Å². The number of halogens is 1. The molecular formula is C19H21FN4O5. The van der Waals surface area contributed by atoms with Crippen LogP contribution in [0.25, 0.3) is 0 Å². The molecule has 0 aliphatic rings. The van der Waals surface area contributed by atoms with Crippen molar-refractivity contribution in [1.29, 1.82) is 0 Å². The van der Waals surface area contributed by atoms with Crippen molar-refractivity contribution >= 4 is 23.2 Å². The number of anilines is 1. The number of amides is 2. The Morgan fingerprint density at radius 2 is 1.76 bits per heavy atom. The molecular weight excluding hydrogens is 383 g/mol. The van der Waals surface area contributed by atoms with Gasteiger partial charge in [0.05, 0.1) is 4.92 Å². The van der Waals surface area contributed by atoms with E-state index < -0.39 is 34.8 Å². The molecule has 2 N–H and O–H groups in total. The van der Waals surface area contributed by atoms with Gasteiger partial charge in [-0.15, -0.1) is 0 Å². The first-order valence-electron chi connectivity index (χ1n) is 8.86. The second kappa shape index (κ2) is 10.0. The van der Waals surface area contributed by atoms with E-state index >= 15 is 0 Å². The largest absolute Gasteiger partial charge is 0.477 e. The Kier molecular flexibility index (Phi) is 7.47. The molecule has 0 fully saturated rings. The molecule has 0 aliphatic carbocycles. The number of nitrogens with one attached hydrogen (secondary N) is 2. The summed E-state index contributed by atoms with van der Waals surface area (Å²) in [5.74, 6) is -2.44. The summed E-state index contributed by atoms with van der Waals surface area (Å²) >= 11 is 0. The number of ether oxygens (including phenoxy) is 1. The zero-order valence-electron chi connectivity index (χ0n) is 16.0. The van der Waals surface area contributed by atoms with Crippen LogP contribution >= 0.6 is 0 Å². The van der Waals surface area contributed by atoms with Crippen molar-refractivity contribution in [2.75, 3.05) is 24.6 Å². The molecule has 0 saturated carbocycles. The van der Waals surface area contributed by atoms with Crippen LogP contribution in [0.2, 0.25) is 0 Å². The Balaban J connectivity index is 1.89. The molecule has 2 rings (SSSR count). The van der Waals surface area contributed by atoms with Crippen molar-refractivity contribution < 1.29 is 23.6 Å². The summed E-state index contributed by atoms with van der Waals surface area (Å²) in [4.78, 5) is 36.2. The Bertz CT molecular complexity index is 885. The van der Waals surface area contributed by atoms with Crippen LogP contribution in [0.4, 0.5) is 15.8 Å². The highest BCUT2D eigenvalue weighted by Gasteiger charge is 2.17. The topological polar surface area (TPSA) is 114 Å². The van der Waals surface area contributed by atoms with E-state index in [9.17, 15) is 24.1 Å². The Morgan fingerprint density at radius 1 is 1.10 bits per heavy atom. The maximum absolute atomic E-state index is 13.2. The summed E-state index contributed by atoms with van der Waals surface area (Å²) in [6.45, 7) is 5.08. The zero-order chi connectivity index (χ0) is 21.4. The minimum atomic E-state index is -0.767. The zero-order valence-corrected chi connectivity index (χ0v) is 16.0. The fraction of sp³-hybridized carbons (Fsp3) is 0.263. The van der Waals surface area contributed by atoms with Gasteiger partial charge in [-0.2, -0.15) is 0 Å². The molecule has 0 spiro atoms. The van der Waals surface area contributed by atoms with Crippen molar-refractivity contribution in [2.45, 2.75) is 13.8 Å². The normalized spacial score (nSPS) is 10.2. The van der Waals surface area contributed by atoms with E-state index in [2.05, 4.69) is 15.8 Å². The minimum absolute atomic E-state index is 0.336. The van der Waals surface area contributed by atoms with Gasteiger partial charge >= 0.3 is 5.69 Å². The number of nitro benzene ring substituents is 1. The molecule has 0 atom stereocenters. The summed E-state index contributed by atoms with van der Waals surface area (Å²) in [6.07, 6.45) is 0. The molecule has 0 aromatic heterocycles. The predicted molar refractivity (Wildman–Crippen MR) is 104 cm³/mol. The average Bonchev–Trinajstić information content (AvgIpc) is 2.71. The Labute approximate surface area is 166 Å². The van der Waals surface area contributed by atoms with Gasteiger partial charge in [0.1, 0.15) is 5.82 Å². The second-order valence-corrected chi connectivity index (χ2v) is 5.88. The standard InChI is InChI=1S/C19H21FN4O5/c1-3-23(4-2)15-8-5-13(6-9-15)19(26)22-21-18(25)12-29-17-11-14(20)7-10-16(17)24(27)28/h5-11H,3-4,12H2,1-2H3,(H,21,25)(H,22,26). The first kappa shape index (κ1) is 21.6. The third-order valence-electron chi connectivity index (χ3n) is 4.05. The summed E-state index contributed by atoms with van der Waals surface area (Å²) in [5.41, 5.74) is 5.19. The number of nitrogens with zero attached hydrogens (tertiary/aromatic N) is 2. The van der Waals surface area contributed by atoms with Crippen molar-refractivity contribution in [2.24, 2.45) is 0 Å². The van der Waals surface area contributed by atoms with Gasteiger partial charge in [-0.05, 0) is 44.2 Å². The van der Waals surface area contributed by atoms with E-state index in [-0.39, 0.29) is 5.75 Å². The van der Waals surface area contributed by atoms with E-state index in [1.54, 1.807) is 24.3 Å². The minimum Gasteiger partial charge on any atom is -0.477 e. The van der Waals surface area contributed by atoms with Crippen molar-refractivity contribution in [1.82, 2.24) is 10.9 Å². The van der Waals surface area contributed by atoms with E-state index in [0.717, 1.165) is 37.0 Å². The molecule has 9 nitrogen and oxygen atoms in total. The fourth-order valence-corrected chi connectivity index (χ4v) is 2.54. The first-order valence-corrected chi connectivity index (χ1v) is 8.86.